The summed E-state index contributed by atoms with van der Waals surface area (Å²) in [5.41, 5.74) is 12.8. The van der Waals surface area contributed by atoms with Crippen LogP contribution >= 0.6 is 0 Å². The van der Waals surface area contributed by atoms with E-state index in [0.29, 0.717) is 5.56 Å². The normalized spacial score (nSPS) is 11.2. The van der Waals surface area contributed by atoms with E-state index in [1.165, 1.54) is 38.9 Å². The van der Waals surface area contributed by atoms with E-state index in [2.05, 4.69) is 122 Å². The summed E-state index contributed by atoms with van der Waals surface area (Å²) in [4.78, 5) is 0. The van der Waals surface area contributed by atoms with E-state index in [0.717, 1.165) is 27.5 Å². The largest absolute Gasteiger partial charge is 0.309 e. The standard InChI is InChI=1S/C34H26N2/c1-22-17-26(29-12-8-13-30(24(29)3)28-10-5-4-9-23(28)2)20-27(18-22)36-33-14-7-6-11-31(33)32-19-25(21-35)15-16-34(32)36/h4-20H,1-3H3. The average molecular weight is 463 g/mol. The number of aryl methyl sites for hydroxylation is 2. The Morgan fingerprint density at radius 2 is 1.33 bits per heavy atom. The Hall–Kier alpha value is -4.61. The molecular weight excluding hydrogens is 436 g/mol. The van der Waals surface area contributed by atoms with Crippen molar-refractivity contribution >= 4 is 21.8 Å². The number of para-hydroxylation sites is 1. The van der Waals surface area contributed by atoms with Crippen LogP contribution in [-0.2, 0) is 0 Å². The molecule has 0 aliphatic carbocycles. The van der Waals surface area contributed by atoms with E-state index in [4.69, 9.17) is 0 Å². The summed E-state index contributed by atoms with van der Waals surface area (Å²) in [6, 6.07) is 38.7. The number of rotatable bonds is 3. The van der Waals surface area contributed by atoms with Crippen LogP contribution in [0.2, 0.25) is 0 Å². The molecule has 6 aromatic rings. The van der Waals surface area contributed by atoms with E-state index >= 15 is 0 Å². The van der Waals surface area contributed by atoms with Gasteiger partial charge in [0, 0.05) is 16.5 Å². The molecule has 36 heavy (non-hydrogen) atoms. The van der Waals surface area contributed by atoms with Crippen LogP contribution in [0.4, 0.5) is 0 Å². The van der Waals surface area contributed by atoms with E-state index in [9.17, 15) is 5.26 Å². The highest BCUT2D eigenvalue weighted by molar-refractivity contribution is 6.09. The molecule has 0 aliphatic rings. The minimum atomic E-state index is 0.680. The molecule has 5 aromatic carbocycles. The van der Waals surface area contributed by atoms with E-state index in [-0.39, 0.29) is 0 Å². The van der Waals surface area contributed by atoms with Gasteiger partial charge in [-0.1, -0.05) is 66.7 Å². The smallest absolute Gasteiger partial charge is 0.0991 e. The maximum Gasteiger partial charge on any atom is 0.0991 e. The Morgan fingerprint density at radius 1 is 0.611 bits per heavy atom. The van der Waals surface area contributed by atoms with Crippen molar-refractivity contribution < 1.29 is 0 Å². The monoisotopic (exact) mass is 462 g/mol. The van der Waals surface area contributed by atoms with Crippen LogP contribution in [0, 0.1) is 32.1 Å². The summed E-state index contributed by atoms with van der Waals surface area (Å²) in [7, 11) is 0. The van der Waals surface area contributed by atoms with Crippen LogP contribution in [0.3, 0.4) is 0 Å². The van der Waals surface area contributed by atoms with Gasteiger partial charge in [-0.3, -0.25) is 0 Å². The first-order chi connectivity index (χ1) is 17.5. The lowest BCUT2D eigenvalue weighted by atomic mass is 9.90. The second-order valence-electron chi connectivity index (χ2n) is 9.55. The minimum Gasteiger partial charge on any atom is -0.309 e. The molecule has 0 saturated carbocycles. The number of aromatic nitrogens is 1. The molecule has 0 atom stereocenters. The minimum absolute atomic E-state index is 0.680. The molecule has 0 amide bonds. The van der Waals surface area contributed by atoms with Crippen LogP contribution in [-0.4, -0.2) is 4.57 Å². The summed E-state index contributed by atoms with van der Waals surface area (Å²) in [5, 5.41) is 11.7. The second kappa shape index (κ2) is 8.56. The van der Waals surface area contributed by atoms with Crippen molar-refractivity contribution in [3.8, 4) is 34.0 Å². The molecule has 2 nitrogen and oxygen atoms in total. The number of nitriles is 1. The Kier molecular flexibility index (Phi) is 5.20. The molecule has 0 spiro atoms. The van der Waals surface area contributed by atoms with E-state index < -0.39 is 0 Å². The van der Waals surface area contributed by atoms with Crippen LogP contribution < -0.4 is 0 Å². The van der Waals surface area contributed by atoms with Gasteiger partial charge in [0.25, 0.3) is 0 Å². The highest BCUT2D eigenvalue weighted by atomic mass is 15.0. The Morgan fingerprint density at radius 3 is 2.17 bits per heavy atom. The van der Waals surface area contributed by atoms with Crippen molar-refractivity contribution in [2.75, 3.05) is 0 Å². The molecule has 1 heterocycles. The number of nitrogens with zero attached hydrogens (tertiary/aromatic N) is 2. The molecule has 172 valence electrons. The molecule has 0 fully saturated rings. The first kappa shape index (κ1) is 21.9. The highest BCUT2D eigenvalue weighted by Gasteiger charge is 2.15. The van der Waals surface area contributed by atoms with Crippen LogP contribution in [0.15, 0.2) is 103 Å². The van der Waals surface area contributed by atoms with Gasteiger partial charge >= 0.3 is 0 Å². The third-order valence-electron chi connectivity index (χ3n) is 7.20. The molecule has 0 radical (unpaired) electrons. The average Bonchev–Trinajstić information content (AvgIpc) is 3.22. The van der Waals surface area contributed by atoms with Crippen LogP contribution in [0.25, 0.3) is 49.7 Å². The zero-order chi connectivity index (χ0) is 24.8. The van der Waals surface area contributed by atoms with Crippen molar-refractivity contribution in [3.05, 3.63) is 125 Å². The number of benzene rings is 5. The molecule has 0 N–H and O–H groups in total. The Bertz CT molecular complexity index is 1830. The molecule has 1 aromatic heterocycles. The summed E-state index contributed by atoms with van der Waals surface area (Å²) in [6.45, 7) is 6.56. The molecular formula is C34H26N2. The zero-order valence-electron chi connectivity index (χ0n) is 20.7. The SMILES string of the molecule is Cc1cc(-c2cccc(-c3ccccc3C)c2C)cc(-n2c3ccccc3c3cc(C#N)ccc32)c1. The molecule has 0 aliphatic heterocycles. The van der Waals surface area contributed by atoms with Crippen LogP contribution in [0.1, 0.15) is 22.3 Å². The van der Waals surface area contributed by atoms with Gasteiger partial charge in [-0.2, -0.15) is 5.26 Å². The lowest BCUT2D eigenvalue weighted by molar-refractivity contribution is 1.17. The molecule has 0 saturated heterocycles. The fraction of sp³-hybridized carbons (Fsp3) is 0.0882. The van der Waals surface area contributed by atoms with Crippen LogP contribution in [0.5, 0.6) is 0 Å². The van der Waals surface area contributed by atoms with Crippen molar-refractivity contribution in [2.24, 2.45) is 0 Å². The number of fused-ring (bicyclic) bond motifs is 3. The quantitative estimate of drug-likeness (QED) is 0.258. The molecule has 0 bridgehead atoms. The van der Waals surface area contributed by atoms with Crippen molar-refractivity contribution in [2.45, 2.75) is 20.8 Å². The zero-order valence-corrected chi connectivity index (χ0v) is 20.7. The van der Waals surface area contributed by atoms with Gasteiger partial charge in [0.2, 0.25) is 0 Å². The van der Waals surface area contributed by atoms with Crippen molar-refractivity contribution in [1.82, 2.24) is 4.57 Å². The Labute approximate surface area is 211 Å². The van der Waals surface area contributed by atoms with E-state index in [1.54, 1.807) is 0 Å². The van der Waals surface area contributed by atoms with Gasteiger partial charge in [0.05, 0.1) is 22.7 Å². The maximum absolute atomic E-state index is 9.48. The van der Waals surface area contributed by atoms with E-state index in [1.807, 2.05) is 12.1 Å². The van der Waals surface area contributed by atoms with Gasteiger partial charge in [-0.25, -0.2) is 0 Å². The van der Waals surface area contributed by atoms with Crippen molar-refractivity contribution in [3.63, 3.8) is 0 Å². The van der Waals surface area contributed by atoms with Gasteiger partial charge in [0.15, 0.2) is 0 Å². The first-order valence-corrected chi connectivity index (χ1v) is 12.3. The van der Waals surface area contributed by atoms with Gasteiger partial charge in [-0.15, -0.1) is 0 Å². The summed E-state index contributed by atoms with van der Waals surface area (Å²) in [6.07, 6.45) is 0. The second-order valence-corrected chi connectivity index (χ2v) is 9.55. The lowest BCUT2D eigenvalue weighted by Gasteiger charge is -2.16. The summed E-state index contributed by atoms with van der Waals surface area (Å²) in [5.74, 6) is 0. The van der Waals surface area contributed by atoms with Gasteiger partial charge in [0.1, 0.15) is 0 Å². The lowest BCUT2D eigenvalue weighted by Crippen LogP contribution is -1.97. The fourth-order valence-electron chi connectivity index (χ4n) is 5.48. The first-order valence-electron chi connectivity index (χ1n) is 12.3. The predicted molar refractivity (Wildman–Crippen MR) is 151 cm³/mol. The van der Waals surface area contributed by atoms with Gasteiger partial charge < -0.3 is 4.57 Å². The van der Waals surface area contributed by atoms with Gasteiger partial charge in [-0.05, 0) is 96.1 Å². The molecule has 6 rings (SSSR count). The number of hydrogen-bond donors (Lipinski definition) is 0. The molecule has 2 heteroatoms. The number of hydrogen-bond acceptors (Lipinski definition) is 1. The molecule has 0 unspecified atom stereocenters. The highest BCUT2D eigenvalue weighted by Crippen LogP contribution is 2.37. The third-order valence-corrected chi connectivity index (χ3v) is 7.20. The predicted octanol–water partition coefficient (Wildman–Crippen LogP) is 8.91. The topological polar surface area (TPSA) is 28.7 Å². The summed E-state index contributed by atoms with van der Waals surface area (Å²) < 4.78 is 2.32. The third kappa shape index (κ3) is 3.49. The fourth-order valence-corrected chi connectivity index (χ4v) is 5.48. The summed E-state index contributed by atoms with van der Waals surface area (Å²) >= 11 is 0. The maximum atomic E-state index is 9.48. The van der Waals surface area contributed by atoms with Crippen molar-refractivity contribution in [1.29, 1.82) is 5.26 Å². The Balaban J connectivity index is 1.59.